The van der Waals surface area contributed by atoms with Crippen LogP contribution in [0.3, 0.4) is 0 Å². The van der Waals surface area contributed by atoms with E-state index in [0.717, 1.165) is 12.1 Å². The second-order valence-corrected chi connectivity index (χ2v) is 4.34. The monoisotopic (exact) mass is 267 g/mol. The molecule has 6 nitrogen and oxygen atoms in total. The molecule has 1 heterocycles. The van der Waals surface area contributed by atoms with Gasteiger partial charge in [-0.05, 0) is 26.3 Å². The smallest absolute Gasteiger partial charge is 0.307 e. The number of nitrogens with one attached hydrogen (secondary N) is 1. The summed E-state index contributed by atoms with van der Waals surface area (Å²) in [6, 6.07) is 1.51. The number of esters is 1. The Kier molecular flexibility index (Phi) is 5.54. The van der Waals surface area contributed by atoms with Gasteiger partial charge >= 0.3 is 5.97 Å². The van der Waals surface area contributed by atoms with Gasteiger partial charge in [-0.25, -0.2) is 0 Å². The molecule has 0 aliphatic rings. The summed E-state index contributed by atoms with van der Waals surface area (Å²) in [4.78, 5) is 23.2. The molecule has 6 heteroatoms. The zero-order chi connectivity index (χ0) is 14.4. The van der Waals surface area contributed by atoms with Crippen LogP contribution in [0.1, 0.15) is 43.4 Å². The number of carbonyl (C=O) groups excluding carboxylic acids is 2. The number of methoxy groups -OCH3 is 1. The summed E-state index contributed by atoms with van der Waals surface area (Å²) in [6.45, 7) is 6.32. The molecule has 1 aromatic rings. The number of hydrogen-bond donors (Lipinski definition) is 1. The minimum Gasteiger partial charge on any atom is -0.469 e. The van der Waals surface area contributed by atoms with Gasteiger partial charge in [0, 0.05) is 12.6 Å². The van der Waals surface area contributed by atoms with Crippen molar-refractivity contribution in [1.82, 2.24) is 15.1 Å². The second kappa shape index (κ2) is 6.92. The molecule has 1 atom stereocenters. The van der Waals surface area contributed by atoms with Crippen molar-refractivity contribution < 1.29 is 14.3 Å². The Balaban J connectivity index is 2.72. The Morgan fingerprint density at radius 2 is 2.16 bits per heavy atom. The van der Waals surface area contributed by atoms with Gasteiger partial charge in [-0.1, -0.05) is 6.92 Å². The molecule has 0 fully saturated rings. The molecule has 1 aromatic heterocycles. The average molecular weight is 267 g/mol. The van der Waals surface area contributed by atoms with Crippen molar-refractivity contribution in [2.24, 2.45) is 0 Å². The molecule has 0 spiro atoms. The minimum absolute atomic E-state index is 0.156. The fourth-order valence-corrected chi connectivity index (χ4v) is 1.75. The fourth-order valence-electron chi connectivity index (χ4n) is 1.75. The third-order valence-electron chi connectivity index (χ3n) is 2.80. The van der Waals surface area contributed by atoms with Crippen LogP contribution >= 0.6 is 0 Å². The Hall–Kier alpha value is -1.85. The van der Waals surface area contributed by atoms with E-state index in [9.17, 15) is 9.59 Å². The summed E-state index contributed by atoms with van der Waals surface area (Å²) in [5.74, 6) is -0.559. The summed E-state index contributed by atoms with van der Waals surface area (Å²) in [5, 5.41) is 7.09. The van der Waals surface area contributed by atoms with Crippen LogP contribution in [0.15, 0.2) is 6.07 Å². The normalized spacial score (nSPS) is 12.0. The first-order valence-electron chi connectivity index (χ1n) is 6.46. The number of hydrogen-bond acceptors (Lipinski definition) is 4. The zero-order valence-electron chi connectivity index (χ0n) is 11.9. The highest BCUT2D eigenvalue weighted by atomic mass is 16.5. The SMILES string of the molecule is CCc1cc(C(=O)NC(C)CC(=O)OC)n(CC)n1. The van der Waals surface area contributed by atoms with Crippen molar-refractivity contribution in [2.45, 2.75) is 46.2 Å². The third-order valence-corrected chi connectivity index (χ3v) is 2.80. The van der Waals surface area contributed by atoms with E-state index < -0.39 is 0 Å². The van der Waals surface area contributed by atoms with Crippen LogP contribution < -0.4 is 5.32 Å². The Labute approximate surface area is 113 Å². The minimum atomic E-state index is -0.342. The standard InChI is InChI=1S/C13H21N3O3/c1-5-10-8-11(16(6-2)15-10)13(18)14-9(3)7-12(17)19-4/h8-9H,5-7H2,1-4H3,(H,14,18). The van der Waals surface area contributed by atoms with Crippen LogP contribution in [0.5, 0.6) is 0 Å². The van der Waals surface area contributed by atoms with E-state index in [2.05, 4.69) is 15.2 Å². The molecule has 0 radical (unpaired) electrons. The van der Waals surface area contributed by atoms with Crippen LogP contribution in [0.4, 0.5) is 0 Å². The quantitative estimate of drug-likeness (QED) is 0.785. The number of nitrogens with zero attached hydrogens (tertiary/aromatic N) is 2. The maximum atomic E-state index is 12.1. The van der Waals surface area contributed by atoms with Crippen molar-refractivity contribution >= 4 is 11.9 Å². The van der Waals surface area contributed by atoms with Gasteiger partial charge in [0.25, 0.3) is 5.91 Å². The van der Waals surface area contributed by atoms with Gasteiger partial charge in [-0.2, -0.15) is 5.10 Å². The van der Waals surface area contributed by atoms with Crippen molar-refractivity contribution in [2.75, 3.05) is 7.11 Å². The van der Waals surface area contributed by atoms with Crippen LogP contribution in [0.2, 0.25) is 0 Å². The molecular weight excluding hydrogens is 246 g/mol. The van der Waals surface area contributed by atoms with Crippen LogP contribution in [-0.2, 0) is 22.5 Å². The highest BCUT2D eigenvalue weighted by molar-refractivity contribution is 5.93. The topological polar surface area (TPSA) is 73.2 Å². The molecule has 0 aliphatic carbocycles. The number of rotatable bonds is 6. The first-order chi connectivity index (χ1) is 9.01. The van der Waals surface area contributed by atoms with Crippen molar-refractivity contribution in [3.05, 3.63) is 17.5 Å². The van der Waals surface area contributed by atoms with Crippen LogP contribution in [0, 0.1) is 0 Å². The van der Waals surface area contributed by atoms with Crippen molar-refractivity contribution in [1.29, 1.82) is 0 Å². The Bertz CT molecular complexity index is 454. The lowest BCUT2D eigenvalue weighted by Crippen LogP contribution is -2.35. The predicted molar refractivity (Wildman–Crippen MR) is 70.8 cm³/mol. The van der Waals surface area contributed by atoms with Gasteiger partial charge in [-0.15, -0.1) is 0 Å². The van der Waals surface area contributed by atoms with E-state index in [1.807, 2.05) is 13.8 Å². The van der Waals surface area contributed by atoms with E-state index >= 15 is 0 Å². The third kappa shape index (κ3) is 4.08. The van der Waals surface area contributed by atoms with E-state index in [-0.39, 0.29) is 24.3 Å². The first-order valence-corrected chi connectivity index (χ1v) is 6.46. The molecule has 0 saturated carbocycles. The lowest BCUT2D eigenvalue weighted by molar-refractivity contribution is -0.141. The van der Waals surface area contributed by atoms with E-state index in [0.29, 0.717) is 12.2 Å². The molecule has 1 rings (SSSR count). The summed E-state index contributed by atoms with van der Waals surface area (Å²) in [7, 11) is 1.33. The number of carbonyl (C=O) groups is 2. The maximum Gasteiger partial charge on any atom is 0.307 e. The van der Waals surface area contributed by atoms with E-state index in [1.165, 1.54) is 7.11 Å². The predicted octanol–water partition coefficient (Wildman–Crippen LogP) is 1.15. The van der Waals surface area contributed by atoms with Crippen molar-refractivity contribution in [3.8, 4) is 0 Å². The number of aryl methyl sites for hydroxylation is 2. The number of amides is 1. The average Bonchev–Trinajstić information content (AvgIpc) is 2.81. The molecule has 106 valence electrons. The first kappa shape index (κ1) is 15.2. The molecule has 0 bridgehead atoms. The van der Waals surface area contributed by atoms with Gasteiger partial charge in [0.05, 0.1) is 19.2 Å². The van der Waals surface area contributed by atoms with Gasteiger partial charge in [-0.3, -0.25) is 14.3 Å². The zero-order valence-corrected chi connectivity index (χ0v) is 11.9. The van der Waals surface area contributed by atoms with Crippen LogP contribution in [-0.4, -0.2) is 34.8 Å². The lowest BCUT2D eigenvalue weighted by atomic mass is 10.2. The summed E-state index contributed by atoms with van der Waals surface area (Å²) >= 11 is 0. The van der Waals surface area contributed by atoms with Crippen molar-refractivity contribution in [3.63, 3.8) is 0 Å². The van der Waals surface area contributed by atoms with E-state index in [1.54, 1.807) is 17.7 Å². The molecular formula is C13H21N3O3. The molecule has 19 heavy (non-hydrogen) atoms. The van der Waals surface area contributed by atoms with Gasteiger partial charge in [0.2, 0.25) is 0 Å². The molecule has 0 aliphatic heterocycles. The fraction of sp³-hybridized carbons (Fsp3) is 0.615. The molecule has 1 unspecified atom stereocenters. The molecule has 0 saturated heterocycles. The van der Waals surface area contributed by atoms with Gasteiger partial charge in [0.1, 0.15) is 5.69 Å². The summed E-state index contributed by atoms with van der Waals surface area (Å²) in [6.07, 6.45) is 0.939. The highest BCUT2D eigenvalue weighted by Crippen LogP contribution is 2.06. The molecule has 0 aromatic carbocycles. The summed E-state index contributed by atoms with van der Waals surface area (Å²) < 4.78 is 6.23. The van der Waals surface area contributed by atoms with Gasteiger partial charge in [0.15, 0.2) is 0 Å². The highest BCUT2D eigenvalue weighted by Gasteiger charge is 2.17. The maximum absolute atomic E-state index is 12.1. The lowest BCUT2D eigenvalue weighted by Gasteiger charge is -2.12. The van der Waals surface area contributed by atoms with Gasteiger partial charge < -0.3 is 10.1 Å². The molecule has 1 N–H and O–H groups in total. The second-order valence-electron chi connectivity index (χ2n) is 4.34. The molecule has 1 amide bonds. The number of aromatic nitrogens is 2. The number of ether oxygens (including phenoxy) is 1. The largest absolute Gasteiger partial charge is 0.469 e. The Morgan fingerprint density at radius 1 is 1.47 bits per heavy atom. The van der Waals surface area contributed by atoms with E-state index in [4.69, 9.17) is 0 Å². The summed E-state index contributed by atoms with van der Waals surface area (Å²) in [5.41, 5.74) is 1.41. The Morgan fingerprint density at radius 3 is 2.68 bits per heavy atom. The van der Waals surface area contributed by atoms with Crippen LogP contribution in [0.25, 0.3) is 0 Å².